The van der Waals surface area contributed by atoms with Gasteiger partial charge in [-0.15, -0.1) is 0 Å². The summed E-state index contributed by atoms with van der Waals surface area (Å²) in [5, 5.41) is 3.89. The van der Waals surface area contributed by atoms with E-state index in [1.54, 1.807) is 13.3 Å². The van der Waals surface area contributed by atoms with E-state index in [9.17, 15) is 4.79 Å². The van der Waals surface area contributed by atoms with E-state index in [1.165, 1.54) is 0 Å². The van der Waals surface area contributed by atoms with Gasteiger partial charge in [0.05, 0.1) is 12.3 Å². The van der Waals surface area contributed by atoms with E-state index in [0.717, 1.165) is 48.0 Å². The Morgan fingerprint density at radius 3 is 2.69 bits per heavy atom. The summed E-state index contributed by atoms with van der Waals surface area (Å²) in [6.07, 6.45) is 6.50. The lowest BCUT2D eigenvalue weighted by molar-refractivity contribution is -0.136. The molecule has 0 radical (unpaired) electrons. The van der Waals surface area contributed by atoms with Crippen LogP contribution in [0.3, 0.4) is 0 Å². The van der Waals surface area contributed by atoms with Gasteiger partial charge in [-0.3, -0.25) is 9.78 Å². The maximum atomic E-state index is 12.9. The van der Waals surface area contributed by atoms with Crippen molar-refractivity contribution in [1.82, 2.24) is 4.98 Å². The fraction of sp³-hybridized carbons (Fsp3) is 0.524. The van der Waals surface area contributed by atoms with Gasteiger partial charge in [0.15, 0.2) is 0 Å². The second-order valence-electron chi connectivity index (χ2n) is 6.71. The van der Waals surface area contributed by atoms with Crippen molar-refractivity contribution in [2.24, 2.45) is 0 Å². The third kappa shape index (κ3) is 4.73. The number of benzene rings is 1. The lowest BCUT2D eigenvalue weighted by Gasteiger charge is -2.27. The molecule has 1 atom stereocenters. The smallest absolute Gasteiger partial charge is 0.256 e. The number of hydrogen-bond donors (Lipinski definition) is 1. The van der Waals surface area contributed by atoms with Gasteiger partial charge in [0.2, 0.25) is 0 Å². The highest BCUT2D eigenvalue weighted by Crippen LogP contribution is 2.31. The molecule has 1 aromatic carbocycles. The lowest BCUT2D eigenvalue weighted by atomic mass is 9.96. The zero-order valence-corrected chi connectivity index (χ0v) is 16.3. The number of unbranched alkanes of at least 4 members (excludes halogenated alkanes) is 2. The van der Waals surface area contributed by atoms with Crippen molar-refractivity contribution in [3.05, 3.63) is 30.5 Å². The van der Waals surface area contributed by atoms with Crippen LogP contribution in [0.5, 0.6) is 5.75 Å². The summed E-state index contributed by atoms with van der Waals surface area (Å²) < 4.78 is 11.3. The van der Waals surface area contributed by atoms with Gasteiger partial charge in [0.1, 0.15) is 16.9 Å². The number of rotatable bonds is 10. The van der Waals surface area contributed by atoms with Crippen LogP contribution in [0.15, 0.2) is 30.5 Å². The molecule has 5 nitrogen and oxygen atoms in total. The number of aromatic nitrogens is 1. The highest BCUT2D eigenvalue weighted by molar-refractivity contribution is 6.05. The molecule has 0 bridgehead atoms. The second-order valence-corrected chi connectivity index (χ2v) is 6.71. The van der Waals surface area contributed by atoms with E-state index in [-0.39, 0.29) is 5.91 Å². The van der Waals surface area contributed by atoms with Crippen molar-refractivity contribution in [2.45, 2.75) is 58.5 Å². The third-order valence-corrected chi connectivity index (χ3v) is 4.63. The first kappa shape index (κ1) is 20.2. The first-order valence-electron chi connectivity index (χ1n) is 9.42. The molecule has 0 saturated heterocycles. The first-order valence-corrected chi connectivity index (χ1v) is 9.42. The number of pyridine rings is 1. The number of hydrogen-bond acceptors (Lipinski definition) is 4. The van der Waals surface area contributed by atoms with Gasteiger partial charge in [-0.25, -0.2) is 0 Å². The molecule has 5 heteroatoms. The Morgan fingerprint density at radius 1 is 1.19 bits per heavy atom. The van der Waals surface area contributed by atoms with E-state index in [2.05, 4.69) is 24.1 Å². The highest BCUT2D eigenvalue weighted by Gasteiger charge is 2.32. The van der Waals surface area contributed by atoms with E-state index >= 15 is 0 Å². The Balaban J connectivity index is 2.25. The first-order chi connectivity index (χ1) is 12.6. The Bertz CT molecular complexity index is 732. The normalized spacial score (nSPS) is 13.4. The molecule has 0 unspecified atom stereocenters. The van der Waals surface area contributed by atoms with Gasteiger partial charge in [-0.05, 0) is 44.0 Å². The Kier molecular flexibility index (Phi) is 7.39. The molecule has 0 aliphatic rings. The SMILES string of the molecule is CCCCC[C@@](C)(OC)C(=O)Nc1ccc(OCCC)c2ncccc12. The summed E-state index contributed by atoms with van der Waals surface area (Å²) in [5.41, 5.74) is 0.630. The fourth-order valence-electron chi connectivity index (χ4n) is 2.86. The summed E-state index contributed by atoms with van der Waals surface area (Å²) in [5.74, 6) is 0.599. The van der Waals surface area contributed by atoms with Crippen LogP contribution in [0.2, 0.25) is 0 Å². The average Bonchev–Trinajstić information content (AvgIpc) is 2.67. The minimum absolute atomic E-state index is 0.136. The number of nitrogens with zero attached hydrogens (tertiary/aromatic N) is 1. The second kappa shape index (κ2) is 9.53. The number of anilines is 1. The Labute approximate surface area is 156 Å². The third-order valence-electron chi connectivity index (χ3n) is 4.63. The largest absolute Gasteiger partial charge is 0.491 e. The van der Waals surface area contributed by atoms with Crippen LogP contribution in [-0.4, -0.2) is 30.2 Å². The molecule has 1 amide bonds. The number of carbonyl (C=O) groups excluding carboxylic acids is 1. The van der Waals surface area contributed by atoms with E-state index < -0.39 is 5.60 Å². The number of nitrogens with one attached hydrogen (secondary N) is 1. The van der Waals surface area contributed by atoms with E-state index in [4.69, 9.17) is 9.47 Å². The standard InChI is InChI=1S/C21H30N2O3/c1-5-7-8-13-21(3,25-4)20(24)23-17-11-12-18(26-15-6-2)19-16(17)10-9-14-22-19/h9-12,14H,5-8,13,15H2,1-4H3,(H,23,24)/t21-/m1/s1. The molecule has 0 fully saturated rings. The van der Waals surface area contributed by atoms with Crippen molar-refractivity contribution < 1.29 is 14.3 Å². The number of methoxy groups -OCH3 is 1. The van der Waals surface area contributed by atoms with Crippen molar-refractivity contribution in [3.8, 4) is 5.75 Å². The Hall–Kier alpha value is -2.14. The zero-order chi connectivity index (χ0) is 19.0. The summed E-state index contributed by atoms with van der Waals surface area (Å²) >= 11 is 0. The van der Waals surface area contributed by atoms with Crippen molar-refractivity contribution in [2.75, 3.05) is 19.0 Å². The molecule has 0 saturated carbocycles. The van der Waals surface area contributed by atoms with Gasteiger partial charge in [0, 0.05) is 18.7 Å². The molecule has 26 heavy (non-hydrogen) atoms. The van der Waals surface area contributed by atoms with Crippen LogP contribution < -0.4 is 10.1 Å². The van der Waals surface area contributed by atoms with Crippen LogP contribution in [0, 0.1) is 0 Å². The van der Waals surface area contributed by atoms with Crippen LogP contribution in [-0.2, 0) is 9.53 Å². The topological polar surface area (TPSA) is 60.5 Å². The minimum Gasteiger partial charge on any atom is -0.491 e. The quantitative estimate of drug-likeness (QED) is 0.611. The predicted octanol–water partition coefficient (Wildman–Crippen LogP) is 4.95. The molecule has 1 heterocycles. The van der Waals surface area contributed by atoms with Gasteiger partial charge < -0.3 is 14.8 Å². The van der Waals surface area contributed by atoms with Gasteiger partial charge >= 0.3 is 0 Å². The maximum absolute atomic E-state index is 12.9. The van der Waals surface area contributed by atoms with Crippen LogP contribution >= 0.6 is 0 Å². The summed E-state index contributed by atoms with van der Waals surface area (Å²) in [6.45, 7) is 6.69. The van der Waals surface area contributed by atoms with Crippen LogP contribution in [0.1, 0.15) is 52.9 Å². The molecule has 1 N–H and O–H groups in total. The monoisotopic (exact) mass is 358 g/mol. The molecule has 2 aromatic rings. The molecule has 0 aliphatic carbocycles. The summed E-state index contributed by atoms with van der Waals surface area (Å²) in [4.78, 5) is 17.3. The minimum atomic E-state index is -0.846. The highest BCUT2D eigenvalue weighted by atomic mass is 16.5. The van der Waals surface area contributed by atoms with Gasteiger partial charge in [0.25, 0.3) is 5.91 Å². The van der Waals surface area contributed by atoms with Crippen LogP contribution in [0.4, 0.5) is 5.69 Å². The molecule has 2 rings (SSSR count). The van der Waals surface area contributed by atoms with E-state index in [1.807, 2.05) is 31.2 Å². The molecule has 1 aromatic heterocycles. The van der Waals surface area contributed by atoms with Crippen molar-refractivity contribution in [1.29, 1.82) is 0 Å². The van der Waals surface area contributed by atoms with E-state index in [0.29, 0.717) is 13.0 Å². The molecule has 0 spiro atoms. The maximum Gasteiger partial charge on any atom is 0.256 e. The number of amides is 1. The predicted molar refractivity (Wildman–Crippen MR) is 106 cm³/mol. The van der Waals surface area contributed by atoms with Gasteiger partial charge in [-0.1, -0.05) is 33.1 Å². The van der Waals surface area contributed by atoms with Crippen molar-refractivity contribution in [3.63, 3.8) is 0 Å². The molecule has 0 aliphatic heterocycles. The van der Waals surface area contributed by atoms with Gasteiger partial charge in [-0.2, -0.15) is 0 Å². The summed E-state index contributed by atoms with van der Waals surface area (Å²) in [6, 6.07) is 7.53. The zero-order valence-electron chi connectivity index (χ0n) is 16.3. The molecular formula is C21H30N2O3. The van der Waals surface area contributed by atoms with Crippen molar-refractivity contribution >= 4 is 22.5 Å². The molecular weight excluding hydrogens is 328 g/mol. The number of carbonyl (C=O) groups is 1. The fourth-order valence-corrected chi connectivity index (χ4v) is 2.86. The Morgan fingerprint density at radius 2 is 2.00 bits per heavy atom. The number of ether oxygens (including phenoxy) is 2. The summed E-state index contributed by atoms with van der Waals surface area (Å²) in [7, 11) is 1.59. The number of fused-ring (bicyclic) bond motifs is 1. The lowest BCUT2D eigenvalue weighted by Crippen LogP contribution is -2.42. The van der Waals surface area contributed by atoms with Crippen LogP contribution in [0.25, 0.3) is 10.9 Å². The molecule has 142 valence electrons. The average molecular weight is 358 g/mol.